The molecule has 1 aliphatic carbocycles. The van der Waals surface area contributed by atoms with Crippen molar-refractivity contribution in [1.29, 1.82) is 0 Å². The lowest BCUT2D eigenvalue weighted by Crippen LogP contribution is -2.52. The molecule has 1 saturated heterocycles. The van der Waals surface area contributed by atoms with Crippen LogP contribution in [0.25, 0.3) is 0 Å². The number of morpholine rings is 1. The van der Waals surface area contributed by atoms with Crippen molar-refractivity contribution in [3.63, 3.8) is 0 Å². The standard InChI is InChI=1S/C17H26N2O2/c1-12(18-2)14-8-7-13(11-16(14)20)19-9-10-21-17-6-4-3-5-15(17)19/h7-8,11-12,15,17-18,20H,3-6,9-10H2,1-2H3. The van der Waals surface area contributed by atoms with Crippen LogP contribution in [0.1, 0.15) is 44.2 Å². The van der Waals surface area contributed by atoms with Gasteiger partial charge < -0.3 is 20.1 Å². The van der Waals surface area contributed by atoms with E-state index in [1.54, 1.807) is 0 Å². The van der Waals surface area contributed by atoms with E-state index in [9.17, 15) is 5.11 Å². The zero-order valence-electron chi connectivity index (χ0n) is 13.0. The summed E-state index contributed by atoms with van der Waals surface area (Å²) in [6.07, 6.45) is 5.29. The Labute approximate surface area is 127 Å². The first-order valence-corrected chi connectivity index (χ1v) is 8.09. The maximum atomic E-state index is 10.3. The Hall–Kier alpha value is -1.26. The summed E-state index contributed by atoms with van der Waals surface area (Å²) in [5.41, 5.74) is 2.08. The minimum absolute atomic E-state index is 0.158. The molecule has 0 bridgehead atoms. The van der Waals surface area contributed by atoms with Crippen LogP contribution in [0.2, 0.25) is 0 Å². The van der Waals surface area contributed by atoms with E-state index in [1.807, 2.05) is 19.2 Å². The highest BCUT2D eigenvalue weighted by Gasteiger charge is 2.34. The lowest BCUT2D eigenvalue weighted by molar-refractivity contribution is -0.00869. The number of hydrogen-bond donors (Lipinski definition) is 2. The van der Waals surface area contributed by atoms with E-state index < -0.39 is 0 Å². The average Bonchev–Trinajstić information content (AvgIpc) is 2.53. The molecule has 21 heavy (non-hydrogen) atoms. The highest BCUT2D eigenvalue weighted by atomic mass is 16.5. The van der Waals surface area contributed by atoms with Gasteiger partial charge >= 0.3 is 0 Å². The van der Waals surface area contributed by atoms with Crippen LogP contribution in [-0.2, 0) is 4.74 Å². The summed E-state index contributed by atoms with van der Waals surface area (Å²) >= 11 is 0. The van der Waals surface area contributed by atoms with Gasteiger partial charge in [0.2, 0.25) is 0 Å². The van der Waals surface area contributed by atoms with E-state index in [1.165, 1.54) is 25.7 Å². The summed E-state index contributed by atoms with van der Waals surface area (Å²) in [6.45, 7) is 3.76. The molecule has 3 atom stereocenters. The molecule has 0 radical (unpaired) electrons. The number of phenols is 1. The van der Waals surface area contributed by atoms with E-state index >= 15 is 0 Å². The summed E-state index contributed by atoms with van der Waals surface area (Å²) < 4.78 is 5.93. The molecular formula is C17H26N2O2. The van der Waals surface area contributed by atoms with E-state index in [0.717, 1.165) is 24.4 Å². The highest BCUT2D eigenvalue weighted by Crippen LogP contribution is 2.35. The fourth-order valence-corrected chi connectivity index (χ4v) is 3.65. The molecule has 4 nitrogen and oxygen atoms in total. The first kappa shape index (κ1) is 14.7. The molecule has 2 N–H and O–H groups in total. The van der Waals surface area contributed by atoms with Gasteiger partial charge in [0.1, 0.15) is 5.75 Å². The molecule has 0 aromatic heterocycles. The molecule has 0 spiro atoms. The largest absolute Gasteiger partial charge is 0.508 e. The maximum Gasteiger partial charge on any atom is 0.122 e. The third kappa shape index (κ3) is 2.87. The second-order valence-electron chi connectivity index (χ2n) is 6.21. The van der Waals surface area contributed by atoms with Crippen molar-refractivity contribution in [3.8, 4) is 5.75 Å². The minimum Gasteiger partial charge on any atom is -0.508 e. The number of hydrogen-bond acceptors (Lipinski definition) is 4. The van der Waals surface area contributed by atoms with Gasteiger partial charge in [0, 0.05) is 29.9 Å². The number of anilines is 1. The molecule has 3 unspecified atom stereocenters. The van der Waals surface area contributed by atoms with Gasteiger partial charge in [0.15, 0.2) is 0 Å². The highest BCUT2D eigenvalue weighted by molar-refractivity contribution is 5.55. The third-order valence-corrected chi connectivity index (χ3v) is 4.98. The number of rotatable bonds is 3. The van der Waals surface area contributed by atoms with Crippen LogP contribution in [-0.4, -0.2) is 37.5 Å². The van der Waals surface area contributed by atoms with Crippen molar-refractivity contribution in [2.75, 3.05) is 25.1 Å². The predicted molar refractivity (Wildman–Crippen MR) is 84.9 cm³/mol. The van der Waals surface area contributed by atoms with Gasteiger partial charge in [0.25, 0.3) is 0 Å². The summed E-state index contributed by atoms with van der Waals surface area (Å²) in [6, 6.07) is 6.73. The molecular weight excluding hydrogens is 264 g/mol. The Morgan fingerprint density at radius 3 is 2.90 bits per heavy atom. The van der Waals surface area contributed by atoms with Crippen LogP contribution < -0.4 is 10.2 Å². The van der Waals surface area contributed by atoms with Crippen molar-refractivity contribution in [2.24, 2.45) is 0 Å². The number of nitrogens with one attached hydrogen (secondary N) is 1. The number of aromatic hydroxyl groups is 1. The number of nitrogens with zero attached hydrogens (tertiary/aromatic N) is 1. The van der Waals surface area contributed by atoms with Gasteiger partial charge in [-0.2, -0.15) is 0 Å². The average molecular weight is 290 g/mol. The predicted octanol–water partition coefficient (Wildman–Crippen LogP) is 2.82. The molecule has 1 saturated carbocycles. The molecule has 1 aromatic carbocycles. The van der Waals surface area contributed by atoms with Crippen LogP contribution in [0, 0.1) is 0 Å². The van der Waals surface area contributed by atoms with E-state index in [2.05, 4.69) is 23.2 Å². The van der Waals surface area contributed by atoms with Gasteiger partial charge in [-0.05, 0) is 32.9 Å². The van der Waals surface area contributed by atoms with Gasteiger partial charge in [0.05, 0.1) is 18.8 Å². The van der Waals surface area contributed by atoms with E-state index in [-0.39, 0.29) is 6.04 Å². The summed E-state index contributed by atoms with van der Waals surface area (Å²) in [5.74, 6) is 0.383. The van der Waals surface area contributed by atoms with E-state index in [4.69, 9.17) is 4.74 Å². The number of benzene rings is 1. The SMILES string of the molecule is CNC(C)c1ccc(N2CCOC3CCCCC32)cc1O. The fourth-order valence-electron chi connectivity index (χ4n) is 3.65. The lowest BCUT2D eigenvalue weighted by atomic mass is 9.89. The second-order valence-corrected chi connectivity index (χ2v) is 6.21. The van der Waals surface area contributed by atoms with Gasteiger partial charge in [-0.15, -0.1) is 0 Å². The van der Waals surface area contributed by atoms with Crippen LogP contribution in [0.4, 0.5) is 5.69 Å². The normalized spacial score (nSPS) is 27.2. The van der Waals surface area contributed by atoms with Gasteiger partial charge in [-0.3, -0.25) is 0 Å². The van der Waals surface area contributed by atoms with Crippen molar-refractivity contribution in [1.82, 2.24) is 5.32 Å². The Morgan fingerprint density at radius 2 is 2.14 bits per heavy atom. The Kier molecular flexibility index (Phi) is 4.36. The van der Waals surface area contributed by atoms with Crippen LogP contribution in [0.15, 0.2) is 18.2 Å². The molecule has 116 valence electrons. The smallest absolute Gasteiger partial charge is 0.122 e. The molecule has 0 amide bonds. The molecule has 2 fully saturated rings. The van der Waals surface area contributed by atoms with Crippen molar-refractivity contribution < 1.29 is 9.84 Å². The Balaban J connectivity index is 1.84. The van der Waals surface area contributed by atoms with Crippen molar-refractivity contribution >= 4 is 5.69 Å². The van der Waals surface area contributed by atoms with Gasteiger partial charge in [-0.25, -0.2) is 0 Å². The zero-order valence-corrected chi connectivity index (χ0v) is 13.0. The number of ether oxygens (including phenoxy) is 1. The van der Waals surface area contributed by atoms with Gasteiger partial charge in [-0.1, -0.05) is 18.9 Å². The first-order chi connectivity index (χ1) is 10.2. The summed E-state index contributed by atoms with van der Waals surface area (Å²) in [5, 5.41) is 13.5. The van der Waals surface area contributed by atoms with Crippen molar-refractivity contribution in [3.05, 3.63) is 23.8 Å². The van der Waals surface area contributed by atoms with Crippen LogP contribution in [0.5, 0.6) is 5.75 Å². The molecule has 2 aliphatic rings. The Bertz CT molecular complexity index is 490. The fraction of sp³-hybridized carbons (Fsp3) is 0.647. The summed E-state index contributed by atoms with van der Waals surface area (Å²) in [7, 11) is 1.91. The Morgan fingerprint density at radius 1 is 1.33 bits per heavy atom. The molecule has 1 aliphatic heterocycles. The zero-order chi connectivity index (χ0) is 14.8. The van der Waals surface area contributed by atoms with Crippen LogP contribution in [0.3, 0.4) is 0 Å². The first-order valence-electron chi connectivity index (χ1n) is 8.09. The minimum atomic E-state index is 0.158. The third-order valence-electron chi connectivity index (χ3n) is 4.98. The van der Waals surface area contributed by atoms with E-state index in [0.29, 0.717) is 17.9 Å². The summed E-state index contributed by atoms with van der Waals surface area (Å²) in [4.78, 5) is 2.43. The van der Waals surface area contributed by atoms with Crippen molar-refractivity contribution in [2.45, 2.75) is 50.8 Å². The second kappa shape index (κ2) is 6.24. The maximum absolute atomic E-state index is 10.3. The number of fused-ring (bicyclic) bond motifs is 1. The lowest BCUT2D eigenvalue weighted by Gasteiger charge is -2.45. The van der Waals surface area contributed by atoms with Crippen LogP contribution >= 0.6 is 0 Å². The molecule has 4 heteroatoms. The molecule has 1 heterocycles. The number of phenolic OH excluding ortho intramolecular Hbond substituents is 1. The topological polar surface area (TPSA) is 44.7 Å². The molecule has 1 aromatic rings. The quantitative estimate of drug-likeness (QED) is 0.898. The monoisotopic (exact) mass is 290 g/mol. The molecule has 3 rings (SSSR count).